The van der Waals surface area contributed by atoms with E-state index in [4.69, 9.17) is 15.3 Å². The van der Waals surface area contributed by atoms with Crippen molar-refractivity contribution in [3.63, 3.8) is 0 Å². The molecule has 106 valence electrons. The van der Waals surface area contributed by atoms with Gasteiger partial charge in [0.05, 0.1) is 0 Å². The first-order valence-corrected chi connectivity index (χ1v) is 6.07. The first kappa shape index (κ1) is 30.5. The van der Waals surface area contributed by atoms with Crippen molar-refractivity contribution in [2.24, 2.45) is 0 Å². The van der Waals surface area contributed by atoms with E-state index in [-0.39, 0.29) is 25.0 Å². The van der Waals surface area contributed by atoms with Gasteiger partial charge in [0.15, 0.2) is 0 Å². The van der Waals surface area contributed by atoms with Crippen LogP contribution in [0.15, 0.2) is 0 Å². The number of aliphatic hydroxyl groups is 3. The predicted octanol–water partition coefficient (Wildman–Crippen LogP) is 1.85. The van der Waals surface area contributed by atoms with Crippen molar-refractivity contribution in [1.82, 2.24) is 6.15 Å². The molecular formula is C12H34LiNO3. The molecule has 0 spiro atoms. The van der Waals surface area contributed by atoms with Crippen molar-refractivity contribution in [2.75, 3.05) is 19.8 Å². The first-order chi connectivity index (χ1) is 7.24. The van der Waals surface area contributed by atoms with E-state index in [2.05, 4.69) is 20.8 Å². The number of aliphatic hydroxyl groups excluding tert-OH is 3. The maximum atomic E-state index is 8.07. The van der Waals surface area contributed by atoms with E-state index in [1.165, 1.54) is 0 Å². The molecule has 0 saturated carbocycles. The SMILES string of the molecule is CCCCO.CCCCO.CCCCO.N.[LiH]. The summed E-state index contributed by atoms with van der Waals surface area (Å²) in [7, 11) is 0. The summed E-state index contributed by atoms with van der Waals surface area (Å²) in [6.45, 7) is 7.19. The van der Waals surface area contributed by atoms with Crippen molar-refractivity contribution < 1.29 is 15.3 Å². The molecule has 0 aromatic heterocycles. The minimum absolute atomic E-state index is 0. The van der Waals surface area contributed by atoms with E-state index in [0.717, 1.165) is 38.5 Å². The van der Waals surface area contributed by atoms with Gasteiger partial charge in [-0.25, -0.2) is 0 Å². The van der Waals surface area contributed by atoms with Crippen molar-refractivity contribution in [2.45, 2.75) is 59.3 Å². The maximum absolute atomic E-state index is 8.07. The van der Waals surface area contributed by atoms with Crippen LogP contribution >= 0.6 is 0 Å². The third kappa shape index (κ3) is 82.7. The summed E-state index contributed by atoms with van der Waals surface area (Å²) < 4.78 is 0. The fraction of sp³-hybridized carbons (Fsp3) is 1.00. The zero-order valence-corrected chi connectivity index (χ0v) is 11.4. The van der Waals surface area contributed by atoms with Crippen LogP contribution < -0.4 is 6.15 Å². The average Bonchev–Trinajstić information content (AvgIpc) is 2.23. The molecule has 0 bridgehead atoms. The summed E-state index contributed by atoms with van der Waals surface area (Å²) >= 11 is 0. The molecule has 0 heterocycles. The summed E-state index contributed by atoms with van der Waals surface area (Å²) in [5.41, 5.74) is 0. The van der Waals surface area contributed by atoms with Crippen molar-refractivity contribution >= 4 is 18.9 Å². The normalized spacial score (nSPS) is 7.41. The molecule has 0 atom stereocenters. The molecule has 4 nitrogen and oxygen atoms in total. The van der Waals surface area contributed by atoms with Crippen LogP contribution in [0.1, 0.15) is 59.3 Å². The number of hydrogen-bond acceptors (Lipinski definition) is 4. The fourth-order valence-electron chi connectivity index (χ4n) is 0.474. The second-order valence-corrected chi connectivity index (χ2v) is 3.23. The predicted molar refractivity (Wildman–Crippen MR) is 78.2 cm³/mol. The molecule has 5 heteroatoms. The molecule has 0 aliphatic rings. The van der Waals surface area contributed by atoms with Gasteiger partial charge in [0.1, 0.15) is 0 Å². The summed E-state index contributed by atoms with van der Waals surface area (Å²) in [4.78, 5) is 0. The molecule has 0 aliphatic heterocycles. The molecule has 0 saturated heterocycles. The van der Waals surface area contributed by atoms with Crippen molar-refractivity contribution in [3.05, 3.63) is 0 Å². The Balaban J connectivity index is -0.0000000400. The molecule has 0 radical (unpaired) electrons. The van der Waals surface area contributed by atoms with Gasteiger partial charge in [0, 0.05) is 19.8 Å². The van der Waals surface area contributed by atoms with Crippen LogP contribution in [0, 0.1) is 0 Å². The number of unbranched alkanes of at least 4 members (excludes halogenated alkanes) is 3. The van der Waals surface area contributed by atoms with Gasteiger partial charge in [-0.15, -0.1) is 0 Å². The van der Waals surface area contributed by atoms with Crippen LogP contribution in [0.5, 0.6) is 0 Å². The Kier molecular flexibility index (Phi) is 78.8. The van der Waals surface area contributed by atoms with Crippen LogP contribution in [0.4, 0.5) is 0 Å². The van der Waals surface area contributed by atoms with Gasteiger partial charge in [0.2, 0.25) is 0 Å². The third-order valence-electron chi connectivity index (χ3n) is 1.54. The number of rotatable bonds is 6. The fourth-order valence-corrected chi connectivity index (χ4v) is 0.474. The monoisotopic (exact) mass is 247 g/mol. The molecular weight excluding hydrogens is 213 g/mol. The topological polar surface area (TPSA) is 95.7 Å². The van der Waals surface area contributed by atoms with Gasteiger partial charge in [-0.1, -0.05) is 40.0 Å². The van der Waals surface area contributed by atoms with Gasteiger partial charge in [-0.3, -0.25) is 0 Å². The van der Waals surface area contributed by atoms with E-state index in [1.54, 1.807) is 0 Å². The molecule has 0 fully saturated rings. The Morgan fingerprint density at radius 1 is 0.588 bits per heavy atom. The van der Waals surface area contributed by atoms with E-state index < -0.39 is 0 Å². The van der Waals surface area contributed by atoms with Crippen molar-refractivity contribution in [1.29, 1.82) is 0 Å². The third-order valence-corrected chi connectivity index (χ3v) is 1.54. The van der Waals surface area contributed by atoms with Crippen LogP contribution in [0.2, 0.25) is 0 Å². The second kappa shape index (κ2) is 44.0. The summed E-state index contributed by atoms with van der Waals surface area (Å²) in [6, 6.07) is 0. The van der Waals surface area contributed by atoms with E-state index in [0.29, 0.717) is 19.8 Å². The minimum atomic E-state index is 0. The van der Waals surface area contributed by atoms with Crippen molar-refractivity contribution in [3.8, 4) is 0 Å². The van der Waals surface area contributed by atoms with E-state index in [1.807, 2.05) is 0 Å². The van der Waals surface area contributed by atoms with Crippen LogP contribution in [-0.4, -0.2) is 54.0 Å². The van der Waals surface area contributed by atoms with E-state index in [9.17, 15) is 0 Å². The zero-order chi connectivity index (χ0) is 12.4. The van der Waals surface area contributed by atoms with Gasteiger partial charge in [-0.05, 0) is 19.3 Å². The Morgan fingerprint density at radius 2 is 0.765 bits per heavy atom. The molecule has 0 unspecified atom stereocenters. The summed E-state index contributed by atoms with van der Waals surface area (Å²) in [6.07, 6.45) is 6.11. The summed E-state index contributed by atoms with van der Waals surface area (Å²) in [5, 5.41) is 24.2. The first-order valence-electron chi connectivity index (χ1n) is 6.07. The van der Waals surface area contributed by atoms with Gasteiger partial charge < -0.3 is 21.5 Å². The Bertz CT molecular complexity index is 58.5. The molecule has 0 amide bonds. The van der Waals surface area contributed by atoms with Crippen LogP contribution in [-0.2, 0) is 0 Å². The Hall–Kier alpha value is 0.437. The zero-order valence-electron chi connectivity index (χ0n) is 11.4. The van der Waals surface area contributed by atoms with Gasteiger partial charge in [-0.2, -0.15) is 0 Å². The van der Waals surface area contributed by atoms with Gasteiger partial charge in [0.25, 0.3) is 0 Å². The molecule has 0 rings (SSSR count). The molecule has 6 N–H and O–H groups in total. The Morgan fingerprint density at radius 3 is 0.765 bits per heavy atom. The molecule has 0 aromatic carbocycles. The average molecular weight is 247 g/mol. The van der Waals surface area contributed by atoms with E-state index >= 15 is 0 Å². The van der Waals surface area contributed by atoms with Crippen LogP contribution in [0.3, 0.4) is 0 Å². The van der Waals surface area contributed by atoms with Gasteiger partial charge >= 0.3 is 18.9 Å². The second-order valence-electron chi connectivity index (χ2n) is 3.23. The van der Waals surface area contributed by atoms with Crippen LogP contribution in [0.25, 0.3) is 0 Å². The molecule has 0 aromatic rings. The number of hydrogen-bond donors (Lipinski definition) is 4. The standard InChI is InChI=1S/3C4H10O.Li.H3N.H/c3*1-2-3-4-5;;;/h3*5H,2-4H2,1H3;;1H3;. The molecule has 0 aliphatic carbocycles. The quantitative estimate of drug-likeness (QED) is 0.539. The Labute approximate surface area is 120 Å². The summed E-state index contributed by atoms with van der Waals surface area (Å²) in [5.74, 6) is 0. The molecule has 17 heavy (non-hydrogen) atoms.